The fourth-order valence-corrected chi connectivity index (χ4v) is 8.07. The molecular formula is C22H19NPS+. The van der Waals surface area contributed by atoms with Gasteiger partial charge in [0.25, 0.3) is 0 Å². The molecule has 122 valence electrons. The molecule has 0 spiro atoms. The second-order valence-corrected chi connectivity index (χ2v) is 9.61. The van der Waals surface area contributed by atoms with Gasteiger partial charge in [-0.05, 0) is 42.7 Å². The van der Waals surface area contributed by atoms with Crippen LogP contribution in [0.4, 0.5) is 0 Å². The van der Waals surface area contributed by atoms with Crippen LogP contribution in [0.25, 0.3) is 0 Å². The maximum atomic E-state index is 10.1. The molecule has 3 aromatic carbocycles. The molecular weight excluding hydrogens is 341 g/mol. The summed E-state index contributed by atoms with van der Waals surface area (Å²) in [6.45, 7) is 0. The van der Waals surface area contributed by atoms with Crippen LogP contribution in [-0.4, -0.2) is 6.26 Å². The molecule has 0 aliphatic heterocycles. The highest BCUT2D eigenvalue weighted by molar-refractivity contribution is 8.03. The number of benzene rings is 3. The van der Waals surface area contributed by atoms with E-state index in [0.717, 1.165) is 5.31 Å². The Bertz CT molecular complexity index is 787. The maximum absolute atomic E-state index is 10.1. The van der Waals surface area contributed by atoms with Gasteiger partial charge in [0.15, 0.2) is 12.6 Å². The molecule has 3 rings (SSSR count). The van der Waals surface area contributed by atoms with Crippen molar-refractivity contribution in [3.63, 3.8) is 0 Å². The first-order valence-electron chi connectivity index (χ1n) is 8.03. The average Bonchev–Trinajstić information content (AvgIpc) is 2.70. The van der Waals surface area contributed by atoms with Gasteiger partial charge in [-0.15, -0.1) is 11.8 Å². The highest BCUT2D eigenvalue weighted by Gasteiger charge is 2.49. The number of nitriles is 1. The van der Waals surface area contributed by atoms with Crippen LogP contribution in [0.15, 0.2) is 102 Å². The van der Waals surface area contributed by atoms with Crippen LogP contribution in [0, 0.1) is 11.3 Å². The van der Waals surface area contributed by atoms with Crippen molar-refractivity contribution in [1.29, 1.82) is 5.26 Å². The second kappa shape index (κ2) is 8.17. The monoisotopic (exact) mass is 360 g/mol. The van der Waals surface area contributed by atoms with Gasteiger partial charge in [0.2, 0.25) is 0 Å². The van der Waals surface area contributed by atoms with E-state index in [0.29, 0.717) is 0 Å². The van der Waals surface area contributed by atoms with Gasteiger partial charge in [-0.25, -0.2) is 0 Å². The molecule has 1 nitrogen and oxygen atoms in total. The molecule has 0 radical (unpaired) electrons. The van der Waals surface area contributed by atoms with Crippen molar-refractivity contribution in [2.75, 3.05) is 6.26 Å². The van der Waals surface area contributed by atoms with Crippen LogP contribution in [-0.2, 0) is 0 Å². The molecule has 0 saturated carbocycles. The summed E-state index contributed by atoms with van der Waals surface area (Å²) in [4.78, 5) is 0. The zero-order valence-electron chi connectivity index (χ0n) is 14.0. The van der Waals surface area contributed by atoms with Crippen molar-refractivity contribution in [2.45, 2.75) is 0 Å². The highest BCUT2D eigenvalue weighted by Crippen LogP contribution is 2.62. The van der Waals surface area contributed by atoms with Gasteiger partial charge in [0.05, 0.1) is 0 Å². The summed E-state index contributed by atoms with van der Waals surface area (Å²) in [6, 6.07) is 33.9. The molecule has 0 aliphatic carbocycles. The van der Waals surface area contributed by atoms with E-state index < -0.39 is 7.26 Å². The minimum absolute atomic E-state index is 0.837. The molecule has 0 fully saturated rings. The smallest absolute Gasteiger partial charge is 0.189 e. The van der Waals surface area contributed by atoms with Crippen LogP contribution in [0.1, 0.15) is 0 Å². The van der Waals surface area contributed by atoms with Gasteiger partial charge >= 0.3 is 0 Å². The number of hydrogen-bond acceptors (Lipinski definition) is 2. The average molecular weight is 360 g/mol. The number of nitrogens with zero attached hydrogens (tertiary/aromatic N) is 1. The third-order valence-corrected chi connectivity index (χ3v) is 8.95. The molecule has 0 N–H and O–H groups in total. The summed E-state index contributed by atoms with van der Waals surface area (Å²) in [6.07, 6.45) is 2.01. The van der Waals surface area contributed by atoms with E-state index in [4.69, 9.17) is 0 Å². The molecule has 25 heavy (non-hydrogen) atoms. The fraction of sp³-hybridized carbons (Fsp3) is 0.0455. The Labute approximate surface area is 154 Å². The zero-order valence-corrected chi connectivity index (χ0v) is 15.8. The first kappa shape index (κ1) is 17.5. The van der Waals surface area contributed by atoms with Crippen molar-refractivity contribution in [2.24, 2.45) is 0 Å². The lowest BCUT2D eigenvalue weighted by Gasteiger charge is -2.26. The molecule has 0 saturated heterocycles. The summed E-state index contributed by atoms with van der Waals surface area (Å²) in [5.74, 6) is 0. The summed E-state index contributed by atoms with van der Waals surface area (Å²) < 4.78 is 0. The lowest BCUT2D eigenvalue weighted by Crippen LogP contribution is -2.32. The van der Waals surface area contributed by atoms with Crippen molar-refractivity contribution in [1.82, 2.24) is 0 Å². The van der Waals surface area contributed by atoms with Crippen LogP contribution in [0.2, 0.25) is 0 Å². The Morgan fingerprint density at radius 3 is 1.40 bits per heavy atom. The molecule has 0 amide bonds. The van der Waals surface area contributed by atoms with Gasteiger partial charge in [0.1, 0.15) is 22.0 Å². The molecule has 0 bridgehead atoms. The lowest BCUT2D eigenvalue weighted by atomic mass is 10.4. The van der Waals surface area contributed by atoms with Gasteiger partial charge in [-0.1, -0.05) is 54.6 Å². The third kappa shape index (κ3) is 3.27. The number of rotatable bonds is 5. The predicted octanol–water partition coefficient (Wildman–Crippen LogP) is 4.71. The van der Waals surface area contributed by atoms with E-state index in [9.17, 15) is 5.26 Å². The van der Waals surface area contributed by atoms with E-state index in [2.05, 4.69) is 78.9 Å². The van der Waals surface area contributed by atoms with Crippen molar-refractivity contribution in [3.05, 3.63) is 102 Å². The van der Waals surface area contributed by atoms with E-state index >= 15 is 0 Å². The largest absolute Gasteiger partial charge is 0.191 e. The second-order valence-electron chi connectivity index (χ2n) is 5.53. The van der Waals surface area contributed by atoms with Crippen LogP contribution in [0.3, 0.4) is 0 Å². The molecule has 0 heterocycles. The van der Waals surface area contributed by atoms with E-state index in [1.807, 2.05) is 29.9 Å². The SMILES string of the molecule is CSC=C(C#N)[P+](c1ccccc1)(c1ccccc1)c1ccccc1. The quantitative estimate of drug-likeness (QED) is 0.486. The Balaban J connectivity index is 2.45. The Hall–Kier alpha value is -2.33. The Morgan fingerprint density at radius 2 is 1.12 bits per heavy atom. The lowest BCUT2D eigenvalue weighted by molar-refractivity contribution is 1.52. The van der Waals surface area contributed by atoms with E-state index in [-0.39, 0.29) is 0 Å². The standard InChI is InChI=1S/C22H19NPS/c1-25-18-22(17-23)24(19-11-5-2-6-12-19,20-13-7-3-8-14-20)21-15-9-4-10-16-21/h2-16,18H,1H3/q+1. The summed E-state index contributed by atoms with van der Waals surface area (Å²) >= 11 is 1.59. The van der Waals surface area contributed by atoms with Crippen LogP contribution < -0.4 is 15.9 Å². The summed E-state index contributed by atoms with van der Waals surface area (Å²) in [5, 5.41) is 16.5. The molecule has 0 atom stereocenters. The molecule has 3 heteroatoms. The summed E-state index contributed by atoms with van der Waals surface area (Å²) in [7, 11) is -2.20. The first-order valence-corrected chi connectivity index (χ1v) is 11.1. The maximum Gasteiger partial charge on any atom is 0.191 e. The molecule has 0 aromatic heterocycles. The first-order chi connectivity index (χ1) is 12.3. The predicted molar refractivity (Wildman–Crippen MR) is 112 cm³/mol. The molecule has 0 aliphatic rings. The Morgan fingerprint density at radius 1 is 0.760 bits per heavy atom. The van der Waals surface area contributed by atoms with Gasteiger partial charge in [-0.3, -0.25) is 0 Å². The third-order valence-electron chi connectivity index (χ3n) is 4.14. The minimum atomic E-state index is -2.20. The topological polar surface area (TPSA) is 23.8 Å². The fourth-order valence-electron chi connectivity index (χ4n) is 3.11. The van der Waals surface area contributed by atoms with Crippen LogP contribution >= 0.6 is 19.0 Å². The number of allylic oxidation sites excluding steroid dienone is 1. The van der Waals surface area contributed by atoms with Gasteiger partial charge in [0, 0.05) is 5.41 Å². The van der Waals surface area contributed by atoms with Crippen LogP contribution in [0.5, 0.6) is 0 Å². The Kier molecular flexibility index (Phi) is 5.71. The number of hydrogen-bond donors (Lipinski definition) is 0. The van der Waals surface area contributed by atoms with Crippen molar-refractivity contribution in [3.8, 4) is 6.07 Å². The molecule has 0 unspecified atom stereocenters. The van der Waals surface area contributed by atoms with E-state index in [1.165, 1.54) is 15.9 Å². The van der Waals surface area contributed by atoms with Gasteiger partial charge in [-0.2, -0.15) is 5.26 Å². The molecule has 3 aromatic rings. The van der Waals surface area contributed by atoms with Gasteiger partial charge < -0.3 is 0 Å². The normalized spacial score (nSPS) is 11.8. The zero-order chi connectivity index (χ0) is 17.5. The highest BCUT2D eigenvalue weighted by atomic mass is 32.2. The summed E-state index contributed by atoms with van der Waals surface area (Å²) in [5.41, 5.74) is 0. The number of thioether (sulfide) groups is 1. The van der Waals surface area contributed by atoms with E-state index in [1.54, 1.807) is 11.8 Å². The minimum Gasteiger partial charge on any atom is -0.189 e. The van der Waals surface area contributed by atoms with Crippen molar-refractivity contribution < 1.29 is 0 Å². The van der Waals surface area contributed by atoms with Crippen molar-refractivity contribution >= 4 is 34.9 Å².